The topological polar surface area (TPSA) is 38.4 Å². The van der Waals surface area contributed by atoms with Crippen molar-refractivity contribution in [2.45, 2.75) is 6.54 Å². The third-order valence-electron chi connectivity index (χ3n) is 1.42. The van der Waals surface area contributed by atoms with E-state index in [9.17, 15) is 13.2 Å². The van der Waals surface area contributed by atoms with E-state index in [2.05, 4.69) is 4.99 Å². The molecule has 0 unspecified atom stereocenters. The van der Waals surface area contributed by atoms with Gasteiger partial charge in [0.2, 0.25) is 0 Å². The van der Waals surface area contributed by atoms with Crippen LogP contribution < -0.4 is 5.73 Å². The van der Waals surface area contributed by atoms with Gasteiger partial charge in [-0.2, -0.15) is 0 Å². The maximum atomic E-state index is 12.6. The average Bonchev–Trinajstić information content (AvgIpc) is 2.10. The Kier molecular flexibility index (Phi) is 2.89. The van der Waals surface area contributed by atoms with E-state index in [0.717, 1.165) is 18.5 Å². The molecule has 0 amide bonds. The van der Waals surface area contributed by atoms with Gasteiger partial charge in [0, 0.05) is 0 Å². The first kappa shape index (κ1) is 9.57. The predicted octanol–water partition coefficient (Wildman–Crippen LogP) is 1.59. The molecule has 0 atom stereocenters. The fourth-order valence-electron chi connectivity index (χ4n) is 0.857. The molecule has 13 heavy (non-hydrogen) atoms. The molecule has 0 fully saturated rings. The molecular weight excluding hydrogens is 181 g/mol. The molecule has 0 saturated carbocycles. The minimum Gasteiger partial charge on any atom is -0.390 e. The predicted molar refractivity (Wildman–Crippen MR) is 42.7 cm³/mol. The quantitative estimate of drug-likeness (QED) is 0.427. The lowest BCUT2D eigenvalue weighted by atomic mass is 10.2. The van der Waals surface area contributed by atoms with Crippen LogP contribution in [0, 0.1) is 17.5 Å². The fraction of sp³-hybridized carbons (Fsp3) is 0.125. The van der Waals surface area contributed by atoms with E-state index in [1.807, 2.05) is 0 Å². The Labute approximate surface area is 72.9 Å². The zero-order valence-electron chi connectivity index (χ0n) is 6.60. The SMILES string of the molecule is NC=NCc1cc(F)c(F)c(F)c1. The van der Waals surface area contributed by atoms with Crippen LogP contribution in [-0.2, 0) is 6.54 Å². The summed E-state index contributed by atoms with van der Waals surface area (Å²) in [5.74, 6) is -3.91. The lowest BCUT2D eigenvalue weighted by Crippen LogP contribution is -1.95. The molecule has 1 rings (SSSR count). The van der Waals surface area contributed by atoms with Crippen LogP contribution >= 0.6 is 0 Å². The van der Waals surface area contributed by atoms with Gasteiger partial charge in [0.15, 0.2) is 17.5 Å². The lowest BCUT2D eigenvalue weighted by Gasteiger charge is -1.99. The number of halogens is 3. The Balaban J connectivity index is 2.99. The van der Waals surface area contributed by atoms with Crippen LogP contribution in [0.3, 0.4) is 0 Å². The zero-order chi connectivity index (χ0) is 9.84. The minimum atomic E-state index is -1.47. The van der Waals surface area contributed by atoms with E-state index in [1.54, 1.807) is 0 Å². The van der Waals surface area contributed by atoms with Crippen LogP contribution in [0.25, 0.3) is 0 Å². The van der Waals surface area contributed by atoms with Crippen molar-refractivity contribution in [1.82, 2.24) is 0 Å². The molecule has 2 N–H and O–H groups in total. The van der Waals surface area contributed by atoms with E-state index in [0.29, 0.717) is 0 Å². The molecule has 2 nitrogen and oxygen atoms in total. The van der Waals surface area contributed by atoms with E-state index < -0.39 is 17.5 Å². The smallest absolute Gasteiger partial charge is 0.194 e. The summed E-state index contributed by atoms with van der Waals surface area (Å²) in [5.41, 5.74) is 5.16. The fourth-order valence-corrected chi connectivity index (χ4v) is 0.857. The zero-order valence-corrected chi connectivity index (χ0v) is 6.60. The molecule has 5 heteroatoms. The van der Waals surface area contributed by atoms with Crippen molar-refractivity contribution in [3.63, 3.8) is 0 Å². The van der Waals surface area contributed by atoms with Gasteiger partial charge < -0.3 is 5.73 Å². The van der Waals surface area contributed by atoms with Crippen LogP contribution in [0.4, 0.5) is 13.2 Å². The molecule has 0 aliphatic heterocycles. The molecule has 0 aliphatic rings. The number of aliphatic imine (C=N–C) groups is 1. The molecule has 1 aromatic rings. The summed E-state index contributed by atoms with van der Waals surface area (Å²) in [5, 5.41) is 0. The van der Waals surface area contributed by atoms with Gasteiger partial charge >= 0.3 is 0 Å². The molecule has 0 radical (unpaired) electrons. The van der Waals surface area contributed by atoms with Crippen LogP contribution in [0.1, 0.15) is 5.56 Å². The highest BCUT2D eigenvalue weighted by molar-refractivity contribution is 5.51. The molecule has 1 aromatic carbocycles. The van der Waals surface area contributed by atoms with Gasteiger partial charge in [-0.05, 0) is 17.7 Å². The lowest BCUT2D eigenvalue weighted by molar-refractivity contribution is 0.445. The van der Waals surface area contributed by atoms with Gasteiger partial charge in [-0.3, -0.25) is 4.99 Å². The standard InChI is InChI=1S/C8H7F3N2/c9-6-1-5(3-13-4-12)2-7(10)8(6)11/h1-2,4H,3H2,(H2,12,13). The van der Waals surface area contributed by atoms with Gasteiger partial charge in [-0.1, -0.05) is 0 Å². The summed E-state index contributed by atoms with van der Waals surface area (Å²) in [7, 11) is 0. The molecule has 70 valence electrons. The molecule has 0 spiro atoms. The van der Waals surface area contributed by atoms with Crippen LogP contribution in [0.2, 0.25) is 0 Å². The van der Waals surface area contributed by atoms with Crippen molar-refractivity contribution in [2.75, 3.05) is 0 Å². The van der Waals surface area contributed by atoms with Gasteiger partial charge in [0.1, 0.15) is 0 Å². The van der Waals surface area contributed by atoms with Crippen molar-refractivity contribution in [1.29, 1.82) is 0 Å². The molecule has 0 bridgehead atoms. The Morgan fingerprint density at radius 3 is 2.23 bits per heavy atom. The largest absolute Gasteiger partial charge is 0.390 e. The Morgan fingerprint density at radius 1 is 1.23 bits per heavy atom. The average molecular weight is 188 g/mol. The Morgan fingerprint density at radius 2 is 1.77 bits per heavy atom. The van der Waals surface area contributed by atoms with E-state index in [1.165, 1.54) is 0 Å². The summed E-state index contributed by atoms with van der Waals surface area (Å²) in [6, 6.07) is 1.76. The summed E-state index contributed by atoms with van der Waals surface area (Å²) in [6.07, 6.45) is 1.01. The highest BCUT2D eigenvalue weighted by Gasteiger charge is 2.09. The first-order valence-electron chi connectivity index (χ1n) is 3.48. The molecule has 0 heterocycles. The highest BCUT2D eigenvalue weighted by atomic mass is 19.2. The minimum absolute atomic E-state index is 0.0324. The Hall–Kier alpha value is -1.52. The van der Waals surface area contributed by atoms with Gasteiger partial charge in [0.05, 0.1) is 12.9 Å². The van der Waals surface area contributed by atoms with E-state index >= 15 is 0 Å². The summed E-state index contributed by atoms with van der Waals surface area (Å²) in [6.45, 7) is 0.0324. The van der Waals surface area contributed by atoms with Crippen molar-refractivity contribution >= 4 is 6.34 Å². The third-order valence-corrected chi connectivity index (χ3v) is 1.42. The second-order valence-electron chi connectivity index (χ2n) is 2.36. The number of hydrogen-bond acceptors (Lipinski definition) is 1. The van der Waals surface area contributed by atoms with Crippen molar-refractivity contribution in [3.8, 4) is 0 Å². The molecule has 0 aromatic heterocycles. The number of hydrogen-bond donors (Lipinski definition) is 1. The maximum Gasteiger partial charge on any atom is 0.194 e. The summed E-state index contributed by atoms with van der Waals surface area (Å²) in [4.78, 5) is 3.55. The van der Waals surface area contributed by atoms with Crippen molar-refractivity contribution in [2.24, 2.45) is 10.7 Å². The van der Waals surface area contributed by atoms with Crippen LogP contribution in [-0.4, -0.2) is 6.34 Å². The number of rotatable bonds is 2. The number of nitrogens with zero attached hydrogens (tertiary/aromatic N) is 1. The third kappa shape index (κ3) is 2.21. The van der Waals surface area contributed by atoms with E-state index in [-0.39, 0.29) is 12.1 Å². The number of benzene rings is 1. The summed E-state index contributed by atoms with van der Waals surface area (Å²) < 4.78 is 37.6. The van der Waals surface area contributed by atoms with Gasteiger partial charge in [-0.15, -0.1) is 0 Å². The molecule has 0 aliphatic carbocycles. The van der Waals surface area contributed by atoms with Crippen LogP contribution in [0.5, 0.6) is 0 Å². The van der Waals surface area contributed by atoms with E-state index in [4.69, 9.17) is 5.73 Å². The monoisotopic (exact) mass is 188 g/mol. The van der Waals surface area contributed by atoms with Gasteiger partial charge in [-0.25, -0.2) is 13.2 Å². The second-order valence-corrected chi connectivity index (χ2v) is 2.36. The second kappa shape index (κ2) is 3.93. The first-order valence-corrected chi connectivity index (χ1v) is 3.48. The van der Waals surface area contributed by atoms with Crippen molar-refractivity contribution < 1.29 is 13.2 Å². The molecular formula is C8H7F3N2. The number of nitrogens with two attached hydrogens (primary N) is 1. The van der Waals surface area contributed by atoms with Crippen molar-refractivity contribution in [3.05, 3.63) is 35.1 Å². The normalized spacial score (nSPS) is 11.0. The Bertz CT molecular complexity index is 313. The van der Waals surface area contributed by atoms with Crippen LogP contribution in [0.15, 0.2) is 17.1 Å². The first-order chi connectivity index (χ1) is 6.15. The molecule has 0 saturated heterocycles. The summed E-state index contributed by atoms with van der Waals surface area (Å²) >= 11 is 0. The maximum absolute atomic E-state index is 12.6. The van der Waals surface area contributed by atoms with Gasteiger partial charge in [0.25, 0.3) is 0 Å². The highest BCUT2D eigenvalue weighted by Crippen LogP contribution is 2.13.